The van der Waals surface area contributed by atoms with E-state index in [0.717, 1.165) is 6.20 Å². The third-order valence-corrected chi connectivity index (χ3v) is 2.78. The summed E-state index contributed by atoms with van der Waals surface area (Å²) in [5, 5.41) is 19.5. The summed E-state index contributed by atoms with van der Waals surface area (Å²) >= 11 is 0. The van der Waals surface area contributed by atoms with E-state index < -0.39 is 11.9 Å². The van der Waals surface area contributed by atoms with Gasteiger partial charge in [0.2, 0.25) is 0 Å². The number of hydrogen-bond donors (Lipinski definition) is 5. The van der Waals surface area contributed by atoms with Crippen LogP contribution in [0.1, 0.15) is 30.6 Å². The first-order chi connectivity index (χ1) is 12.3. The van der Waals surface area contributed by atoms with Crippen LogP contribution in [-0.2, 0) is 20.8 Å². The van der Waals surface area contributed by atoms with Crippen LogP contribution in [0.4, 0.5) is 5.82 Å². The number of carbonyl (C=O) groups excluding carboxylic acids is 2. The fourth-order valence-electron chi connectivity index (χ4n) is 1.63. The largest absolute Gasteiger partial charge is 0.462 e. The minimum atomic E-state index is -0.664. The van der Waals surface area contributed by atoms with Crippen LogP contribution in [-0.4, -0.2) is 52.5 Å². The summed E-state index contributed by atoms with van der Waals surface area (Å²) in [5.74, 6) is -1.36. The Morgan fingerprint density at radius 1 is 1.35 bits per heavy atom. The fraction of sp³-hybridized carbons (Fsp3) is 0.467. The molecule has 0 saturated carbocycles. The van der Waals surface area contributed by atoms with Crippen molar-refractivity contribution >= 4 is 23.6 Å². The highest BCUT2D eigenvalue weighted by Crippen LogP contribution is 2.10. The Labute approximate surface area is 151 Å². The molecule has 1 aromatic heterocycles. The van der Waals surface area contributed by atoms with Crippen molar-refractivity contribution in [1.82, 2.24) is 9.78 Å². The van der Waals surface area contributed by atoms with Crippen LogP contribution >= 0.6 is 0 Å². The number of rotatable bonds is 8. The molecule has 11 heteroatoms. The number of esters is 2. The fourth-order valence-corrected chi connectivity index (χ4v) is 1.63. The number of ether oxygens (including phenoxy) is 2. The van der Waals surface area contributed by atoms with E-state index in [0.29, 0.717) is 19.6 Å². The average Bonchev–Trinajstić information content (AvgIpc) is 2.95. The molecule has 0 aliphatic carbocycles. The number of aryl methyl sites for hydroxylation is 1. The number of nitrogens with one attached hydrogen (secondary N) is 1. The molecule has 0 radical (unpaired) electrons. The molecule has 1 aromatic rings. The zero-order valence-electron chi connectivity index (χ0n) is 14.9. The number of aliphatic hydroxyl groups excluding tert-OH is 1. The highest BCUT2D eigenvalue weighted by molar-refractivity contribution is 6.16. The second kappa shape index (κ2) is 12.3. The van der Waals surface area contributed by atoms with Gasteiger partial charge in [-0.3, -0.25) is 10.1 Å². The van der Waals surface area contributed by atoms with Crippen molar-refractivity contribution in [3.63, 3.8) is 0 Å². The number of nitrogens with zero attached hydrogens (tertiary/aromatic N) is 2. The molecule has 0 atom stereocenters. The van der Waals surface area contributed by atoms with E-state index in [1.807, 2.05) is 0 Å². The lowest BCUT2D eigenvalue weighted by molar-refractivity contribution is -0.137. The molecule has 0 spiro atoms. The maximum absolute atomic E-state index is 11.3. The van der Waals surface area contributed by atoms with Crippen LogP contribution in [0, 0.1) is 5.41 Å². The Balaban J connectivity index is 0.000000508. The van der Waals surface area contributed by atoms with Gasteiger partial charge in [-0.05, 0) is 20.3 Å². The molecule has 0 aromatic carbocycles. The number of anilines is 1. The summed E-state index contributed by atoms with van der Waals surface area (Å²) < 4.78 is 10.9. The van der Waals surface area contributed by atoms with Crippen LogP contribution < -0.4 is 17.2 Å². The van der Waals surface area contributed by atoms with Gasteiger partial charge in [-0.1, -0.05) is 0 Å². The molecule has 0 aliphatic rings. The molecular weight excluding hydrogens is 344 g/mol. The summed E-state index contributed by atoms with van der Waals surface area (Å²) in [6, 6.07) is 0. The summed E-state index contributed by atoms with van der Waals surface area (Å²) in [6.45, 7) is 4.54. The standard InChI is InChI=1S/C9H15N3O3.C6H11N3O2/c1-2-15-9(14)7-6-12(4-3-5-13)11-8(7)10;1-2-11-6(10)4(3-7)5(8)9/h6,13H,2-5H2,1H3,(H2,10,11);3H,2,7H2,1H3,(H3,8,9)/b;4-3+. The molecule has 0 fully saturated rings. The SMILES string of the molecule is CCOC(=O)/C(=C/N)C(=N)N.CCOC(=O)c1cn(CCCO)nc1N. The second-order valence-electron chi connectivity index (χ2n) is 4.70. The van der Waals surface area contributed by atoms with Crippen LogP contribution in [0.15, 0.2) is 18.0 Å². The topological polar surface area (TPSA) is 193 Å². The predicted octanol–water partition coefficient (Wildman–Crippen LogP) is -0.648. The van der Waals surface area contributed by atoms with Gasteiger partial charge in [-0.2, -0.15) is 5.10 Å². The van der Waals surface area contributed by atoms with Crippen LogP contribution in [0.5, 0.6) is 0 Å². The van der Waals surface area contributed by atoms with Gasteiger partial charge >= 0.3 is 11.9 Å². The smallest absolute Gasteiger partial charge is 0.343 e. The highest BCUT2D eigenvalue weighted by Gasteiger charge is 2.14. The maximum atomic E-state index is 11.3. The second-order valence-corrected chi connectivity index (χ2v) is 4.70. The van der Waals surface area contributed by atoms with E-state index in [-0.39, 0.29) is 36.0 Å². The Bertz CT molecular complexity index is 640. The monoisotopic (exact) mass is 370 g/mol. The van der Waals surface area contributed by atoms with Gasteiger partial charge in [0.1, 0.15) is 17.0 Å². The summed E-state index contributed by atoms with van der Waals surface area (Å²) in [4.78, 5) is 22.2. The normalized spacial score (nSPS) is 10.5. The number of aromatic nitrogens is 2. The number of amidine groups is 1. The molecule has 0 amide bonds. The Kier molecular flexibility index (Phi) is 10.8. The van der Waals surface area contributed by atoms with E-state index >= 15 is 0 Å². The number of carbonyl (C=O) groups is 2. The third-order valence-electron chi connectivity index (χ3n) is 2.78. The molecule has 0 bridgehead atoms. The molecule has 1 heterocycles. The highest BCUT2D eigenvalue weighted by atomic mass is 16.5. The van der Waals surface area contributed by atoms with Gasteiger partial charge in [-0.25, -0.2) is 9.59 Å². The van der Waals surface area contributed by atoms with Gasteiger partial charge in [0.25, 0.3) is 0 Å². The zero-order chi connectivity index (χ0) is 20.1. The first-order valence-corrected chi connectivity index (χ1v) is 7.86. The predicted molar refractivity (Wildman–Crippen MR) is 95.1 cm³/mol. The molecule has 146 valence electrons. The van der Waals surface area contributed by atoms with Crippen LogP contribution in [0.2, 0.25) is 0 Å². The number of nitrogens with two attached hydrogens (primary N) is 3. The molecule has 0 unspecified atom stereocenters. The zero-order valence-corrected chi connectivity index (χ0v) is 14.9. The van der Waals surface area contributed by atoms with E-state index in [9.17, 15) is 9.59 Å². The maximum Gasteiger partial charge on any atom is 0.343 e. The van der Waals surface area contributed by atoms with Crippen molar-refractivity contribution in [2.24, 2.45) is 11.5 Å². The van der Waals surface area contributed by atoms with Crippen molar-refractivity contribution in [2.45, 2.75) is 26.8 Å². The average molecular weight is 370 g/mol. The molecule has 26 heavy (non-hydrogen) atoms. The first kappa shape index (κ1) is 22.9. The Hall–Kier alpha value is -3.08. The van der Waals surface area contributed by atoms with Gasteiger partial charge in [-0.15, -0.1) is 0 Å². The lowest BCUT2D eigenvalue weighted by Crippen LogP contribution is -2.22. The van der Waals surface area contributed by atoms with Crippen molar-refractivity contribution in [2.75, 3.05) is 25.6 Å². The molecular formula is C15H26N6O5. The van der Waals surface area contributed by atoms with Gasteiger partial charge in [0.15, 0.2) is 5.82 Å². The lowest BCUT2D eigenvalue weighted by Gasteiger charge is -2.02. The van der Waals surface area contributed by atoms with Gasteiger partial charge in [0.05, 0.1) is 13.2 Å². The minimum Gasteiger partial charge on any atom is -0.462 e. The van der Waals surface area contributed by atoms with Gasteiger partial charge < -0.3 is 31.8 Å². The van der Waals surface area contributed by atoms with E-state index in [2.05, 4.69) is 9.84 Å². The minimum absolute atomic E-state index is 0.0779. The lowest BCUT2D eigenvalue weighted by atomic mass is 10.3. The first-order valence-electron chi connectivity index (χ1n) is 7.86. The molecule has 0 aliphatic heterocycles. The van der Waals surface area contributed by atoms with Crippen molar-refractivity contribution < 1.29 is 24.2 Å². The number of nitrogen functional groups attached to an aromatic ring is 1. The van der Waals surface area contributed by atoms with Crippen molar-refractivity contribution in [3.8, 4) is 0 Å². The number of aliphatic hydroxyl groups is 1. The summed E-state index contributed by atoms with van der Waals surface area (Å²) in [7, 11) is 0. The van der Waals surface area contributed by atoms with E-state index in [1.54, 1.807) is 13.8 Å². The summed E-state index contributed by atoms with van der Waals surface area (Å²) in [5.41, 5.74) is 15.8. The van der Waals surface area contributed by atoms with Crippen molar-refractivity contribution in [1.29, 1.82) is 5.41 Å². The van der Waals surface area contributed by atoms with Crippen LogP contribution in [0.3, 0.4) is 0 Å². The quantitative estimate of drug-likeness (QED) is 0.171. The Morgan fingerprint density at radius 3 is 2.42 bits per heavy atom. The molecule has 11 nitrogen and oxygen atoms in total. The molecule has 8 N–H and O–H groups in total. The van der Waals surface area contributed by atoms with Crippen molar-refractivity contribution in [3.05, 3.63) is 23.5 Å². The number of hydrogen-bond acceptors (Lipinski definition) is 9. The summed E-state index contributed by atoms with van der Waals surface area (Å²) in [6.07, 6.45) is 3.06. The van der Waals surface area contributed by atoms with E-state index in [1.165, 1.54) is 10.9 Å². The third kappa shape index (κ3) is 7.66. The Morgan fingerprint density at radius 2 is 1.96 bits per heavy atom. The molecule has 1 rings (SSSR count). The van der Waals surface area contributed by atoms with Crippen LogP contribution in [0.25, 0.3) is 0 Å². The molecule has 0 saturated heterocycles. The van der Waals surface area contributed by atoms with E-state index in [4.69, 9.17) is 32.5 Å². The van der Waals surface area contributed by atoms with Gasteiger partial charge in [0, 0.05) is 25.5 Å².